The first-order valence-electron chi connectivity index (χ1n) is 7.63. The molecular weight excluding hydrogens is 298 g/mol. The van der Waals surface area contributed by atoms with Crippen molar-refractivity contribution in [3.05, 3.63) is 77.0 Å². The Balaban J connectivity index is 2.08. The summed E-state index contributed by atoms with van der Waals surface area (Å²) in [5, 5.41) is 10.1. The summed E-state index contributed by atoms with van der Waals surface area (Å²) in [6, 6.07) is 18.1. The molecule has 0 aliphatic carbocycles. The first-order chi connectivity index (χ1) is 11.6. The predicted octanol–water partition coefficient (Wildman–Crippen LogP) is 3.39. The van der Waals surface area contributed by atoms with E-state index in [0.29, 0.717) is 6.54 Å². The molecular formula is C20H17N3O. The lowest BCUT2D eigenvalue weighted by atomic mass is 10.1. The van der Waals surface area contributed by atoms with Gasteiger partial charge in [0.1, 0.15) is 11.6 Å². The zero-order chi connectivity index (χ0) is 17.1. The number of nitrogens with zero attached hydrogens (tertiary/aromatic N) is 2. The van der Waals surface area contributed by atoms with Crippen LogP contribution in [-0.4, -0.2) is 10.5 Å². The number of hydrogen-bond donors (Lipinski definition) is 1. The van der Waals surface area contributed by atoms with Crippen LogP contribution in [0.4, 0.5) is 0 Å². The van der Waals surface area contributed by atoms with Gasteiger partial charge in [0.05, 0.1) is 0 Å². The number of rotatable bonds is 4. The fourth-order valence-electron chi connectivity index (χ4n) is 2.73. The average Bonchev–Trinajstić information content (AvgIpc) is 2.92. The predicted molar refractivity (Wildman–Crippen MR) is 95.0 cm³/mol. The molecule has 3 aromatic rings. The van der Waals surface area contributed by atoms with Crippen molar-refractivity contribution in [2.24, 2.45) is 5.73 Å². The molecule has 0 aliphatic rings. The number of fused-ring (bicyclic) bond motifs is 1. The SMILES string of the molecule is Cc1ccc(Cn2cc(/C=C(\C#N)C(N)=O)c3ccccc32)cc1. The van der Waals surface area contributed by atoms with E-state index in [1.807, 2.05) is 36.5 Å². The van der Waals surface area contributed by atoms with E-state index in [1.54, 1.807) is 6.08 Å². The summed E-state index contributed by atoms with van der Waals surface area (Å²) in [5.74, 6) is -0.715. The zero-order valence-electron chi connectivity index (χ0n) is 13.4. The van der Waals surface area contributed by atoms with Gasteiger partial charge in [-0.25, -0.2) is 0 Å². The molecule has 2 aromatic carbocycles. The fraction of sp³-hybridized carbons (Fsp3) is 0.100. The minimum Gasteiger partial charge on any atom is -0.365 e. The smallest absolute Gasteiger partial charge is 0.259 e. The minimum atomic E-state index is -0.715. The highest BCUT2D eigenvalue weighted by atomic mass is 16.1. The average molecular weight is 315 g/mol. The number of hydrogen-bond acceptors (Lipinski definition) is 2. The molecule has 0 radical (unpaired) electrons. The molecule has 118 valence electrons. The molecule has 0 atom stereocenters. The number of nitriles is 1. The molecule has 0 spiro atoms. The molecule has 0 fully saturated rings. The van der Waals surface area contributed by atoms with Crippen LogP contribution in [0.5, 0.6) is 0 Å². The summed E-state index contributed by atoms with van der Waals surface area (Å²) in [4.78, 5) is 11.3. The van der Waals surface area contributed by atoms with Gasteiger partial charge in [-0.15, -0.1) is 0 Å². The van der Waals surface area contributed by atoms with E-state index in [1.165, 1.54) is 11.1 Å². The third-order valence-electron chi connectivity index (χ3n) is 3.98. The van der Waals surface area contributed by atoms with Crippen molar-refractivity contribution in [1.29, 1.82) is 5.26 Å². The molecule has 0 unspecified atom stereocenters. The number of para-hydroxylation sites is 1. The quantitative estimate of drug-likeness (QED) is 0.592. The van der Waals surface area contributed by atoms with Crippen molar-refractivity contribution < 1.29 is 4.79 Å². The maximum Gasteiger partial charge on any atom is 0.259 e. The number of carbonyl (C=O) groups excluding carboxylic acids is 1. The molecule has 0 saturated heterocycles. The third kappa shape index (κ3) is 3.06. The number of primary amides is 1. The first-order valence-corrected chi connectivity index (χ1v) is 7.63. The highest BCUT2D eigenvalue weighted by Gasteiger charge is 2.10. The van der Waals surface area contributed by atoms with Crippen LogP contribution in [0.15, 0.2) is 60.3 Å². The Labute approximate surface area is 140 Å². The number of nitrogens with two attached hydrogens (primary N) is 1. The Hall–Kier alpha value is -3.32. The van der Waals surface area contributed by atoms with Gasteiger partial charge < -0.3 is 10.3 Å². The Morgan fingerprint density at radius 1 is 1.21 bits per heavy atom. The minimum absolute atomic E-state index is 0.0479. The van der Waals surface area contributed by atoms with Crippen molar-refractivity contribution >= 4 is 22.9 Å². The first kappa shape index (κ1) is 15.6. The van der Waals surface area contributed by atoms with E-state index in [4.69, 9.17) is 11.0 Å². The topological polar surface area (TPSA) is 71.8 Å². The van der Waals surface area contributed by atoms with Gasteiger partial charge in [-0.2, -0.15) is 5.26 Å². The van der Waals surface area contributed by atoms with Crippen LogP contribution in [0.2, 0.25) is 0 Å². The zero-order valence-corrected chi connectivity index (χ0v) is 13.4. The van der Waals surface area contributed by atoms with Crippen LogP contribution >= 0.6 is 0 Å². The van der Waals surface area contributed by atoms with Crippen molar-refractivity contribution in [2.75, 3.05) is 0 Å². The van der Waals surface area contributed by atoms with Gasteiger partial charge in [0.15, 0.2) is 0 Å². The van der Waals surface area contributed by atoms with Crippen LogP contribution < -0.4 is 5.73 Å². The highest BCUT2D eigenvalue weighted by Crippen LogP contribution is 2.24. The van der Waals surface area contributed by atoms with E-state index in [9.17, 15) is 4.79 Å². The Morgan fingerprint density at radius 3 is 2.58 bits per heavy atom. The fourth-order valence-corrected chi connectivity index (χ4v) is 2.73. The molecule has 4 nitrogen and oxygen atoms in total. The molecule has 1 heterocycles. The molecule has 3 rings (SSSR count). The van der Waals surface area contributed by atoms with E-state index in [0.717, 1.165) is 16.5 Å². The van der Waals surface area contributed by atoms with Crippen LogP contribution in [0.1, 0.15) is 16.7 Å². The number of aryl methyl sites for hydroxylation is 1. The molecule has 2 N–H and O–H groups in total. The summed E-state index contributed by atoms with van der Waals surface area (Å²) in [5.41, 5.74) is 9.47. The van der Waals surface area contributed by atoms with Gasteiger partial charge in [0.2, 0.25) is 0 Å². The van der Waals surface area contributed by atoms with Gasteiger partial charge in [0, 0.05) is 29.2 Å². The van der Waals surface area contributed by atoms with Crippen molar-refractivity contribution in [1.82, 2.24) is 4.57 Å². The molecule has 0 saturated carbocycles. The van der Waals surface area contributed by atoms with Gasteiger partial charge in [-0.3, -0.25) is 4.79 Å². The van der Waals surface area contributed by atoms with Gasteiger partial charge in [0.25, 0.3) is 5.91 Å². The lowest BCUT2D eigenvalue weighted by molar-refractivity contribution is -0.114. The van der Waals surface area contributed by atoms with E-state index < -0.39 is 5.91 Å². The maximum atomic E-state index is 11.3. The van der Waals surface area contributed by atoms with Gasteiger partial charge in [-0.1, -0.05) is 48.0 Å². The number of benzene rings is 2. The van der Waals surface area contributed by atoms with Crippen molar-refractivity contribution in [3.63, 3.8) is 0 Å². The maximum absolute atomic E-state index is 11.3. The van der Waals surface area contributed by atoms with Gasteiger partial charge >= 0.3 is 0 Å². The van der Waals surface area contributed by atoms with Crippen LogP contribution in [0.3, 0.4) is 0 Å². The third-order valence-corrected chi connectivity index (χ3v) is 3.98. The van der Waals surface area contributed by atoms with Gasteiger partial charge in [-0.05, 0) is 24.6 Å². The summed E-state index contributed by atoms with van der Waals surface area (Å²) in [6.45, 7) is 2.78. The molecule has 0 aliphatic heterocycles. The number of aromatic nitrogens is 1. The number of amides is 1. The van der Waals surface area contributed by atoms with E-state index in [2.05, 4.69) is 35.8 Å². The molecule has 1 amide bonds. The normalized spacial score (nSPS) is 11.4. The van der Waals surface area contributed by atoms with Crippen LogP contribution in [0, 0.1) is 18.3 Å². The Morgan fingerprint density at radius 2 is 1.92 bits per heavy atom. The molecule has 1 aromatic heterocycles. The van der Waals surface area contributed by atoms with Crippen molar-refractivity contribution in [3.8, 4) is 6.07 Å². The second-order valence-electron chi connectivity index (χ2n) is 5.75. The van der Waals surface area contributed by atoms with Crippen LogP contribution in [0.25, 0.3) is 17.0 Å². The largest absolute Gasteiger partial charge is 0.365 e. The molecule has 24 heavy (non-hydrogen) atoms. The highest BCUT2D eigenvalue weighted by molar-refractivity contribution is 6.03. The van der Waals surface area contributed by atoms with E-state index in [-0.39, 0.29) is 5.57 Å². The summed E-state index contributed by atoms with van der Waals surface area (Å²) in [7, 11) is 0. The van der Waals surface area contributed by atoms with E-state index >= 15 is 0 Å². The van der Waals surface area contributed by atoms with Crippen LogP contribution in [-0.2, 0) is 11.3 Å². The lowest BCUT2D eigenvalue weighted by Crippen LogP contribution is -2.12. The summed E-state index contributed by atoms with van der Waals surface area (Å²) < 4.78 is 2.11. The molecule has 0 bridgehead atoms. The summed E-state index contributed by atoms with van der Waals surface area (Å²) >= 11 is 0. The lowest BCUT2D eigenvalue weighted by Gasteiger charge is -2.06. The summed E-state index contributed by atoms with van der Waals surface area (Å²) in [6.07, 6.45) is 3.50. The Bertz CT molecular complexity index is 972. The molecule has 4 heteroatoms. The monoisotopic (exact) mass is 315 g/mol. The number of carbonyl (C=O) groups is 1. The van der Waals surface area contributed by atoms with Crippen molar-refractivity contribution in [2.45, 2.75) is 13.5 Å². The second-order valence-corrected chi connectivity index (χ2v) is 5.75. The Kier molecular flexibility index (Phi) is 4.17. The standard InChI is InChI=1S/C20H17N3O/c1-14-6-8-15(9-7-14)12-23-13-17(10-16(11-21)20(22)24)18-4-2-3-5-19(18)23/h2-10,13H,12H2,1H3,(H2,22,24)/b16-10+. The second kappa shape index (κ2) is 6.43.